The van der Waals surface area contributed by atoms with Gasteiger partial charge in [-0.2, -0.15) is 0 Å². The van der Waals surface area contributed by atoms with Crippen molar-refractivity contribution in [3.05, 3.63) is 39.9 Å². The van der Waals surface area contributed by atoms with E-state index in [0.717, 1.165) is 18.4 Å². The minimum atomic E-state index is -0.389. The van der Waals surface area contributed by atoms with Crippen LogP contribution in [-0.2, 0) is 9.53 Å². The molecule has 0 aliphatic carbocycles. The summed E-state index contributed by atoms with van der Waals surface area (Å²) in [7, 11) is 1.56. The molecule has 22 heavy (non-hydrogen) atoms. The number of ether oxygens (including phenoxy) is 2. The average Bonchev–Trinajstić information content (AvgIpc) is 2.51. The number of hydrogen-bond acceptors (Lipinski definition) is 6. The van der Waals surface area contributed by atoms with Crippen molar-refractivity contribution in [1.82, 2.24) is 0 Å². The Morgan fingerprint density at radius 1 is 1.36 bits per heavy atom. The van der Waals surface area contributed by atoms with Crippen LogP contribution in [0.1, 0.15) is 30.6 Å². The molecule has 1 atom stereocenters. The number of nitrogens with zero attached hydrogens (tertiary/aromatic N) is 1. The van der Waals surface area contributed by atoms with Crippen LogP contribution >= 0.6 is 11.8 Å². The third kappa shape index (κ3) is 6.80. The summed E-state index contributed by atoms with van der Waals surface area (Å²) >= 11 is 1.23. The van der Waals surface area contributed by atoms with Crippen LogP contribution in [0.15, 0.2) is 24.3 Å². The minimum absolute atomic E-state index is 0.105. The van der Waals surface area contributed by atoms with Crippen LogP contribution < -0.4 is 4.74 Å². The first-order chi connectivity index (χ1) is 10.6. The highest BCUT2D eigenvalue weighted by Gasteiger charge is 2.20. The van der Waals surface area contributed by atoms with Gasteiger partial charge < -0.3 is 9.47 Å². The smallest absolute Gasteiger partial charge is 0.315 e. The van der Waals surface area contributed by atoms with Crippen molar-refractivity contribution in [3.8, 4) is 5.75 Å². The van der Waals surface area contributed by atoms with Crippen molar-refractivity contribution in [2.45, 2.75) is 25.0 Å². The second kappa shape index (κ2) is 10.0. The number of hydrogen-bond donors (Lipinski definition) is 0. The lowest BCUT2D eigenvalue weighted by atomic mass is 10.1. The van der Waals surface area contributed by atoms with Crippen LogP contribution in [0, 0.1) is 10.1 Å². The number of benzene rings is 1. The highest BCUT2D eigenvalue weighted by Crippen LogP contribution is 2.30. The van der Waals surface area contributed by atoms with Crippen LogP contribution in [0.3, 0.4) is 0 Å². The molecule has 0 amide bonds. The Bertz CT molecular complexity index is 477. The molecule has 0 saturated heterocycles. The Morgan fingerprint density at radius 2 is 2.05 bits per heavy atom. The fourth-order valence-electron chi connectivity index (χ4n) is 1.75. The van der Waals surface area contributed by atoms with Crippen molar-refractivity contribution < 1.29 is 19.2 Å². The van der Waals surface area contributed by atoms with E-state index in [9.17, 15) is 14.9 Å². The van der Waals surface area contributed by atoms with Gasteiger partial charge in [0.2, 0.25) is 6.54 Å². The molecule has 1 unspecified atom stereocenters. The zero-order valence-corrected chi connectivity index (χ0v) is 13.6. The molecular formula is C15H21NO5S. The van der Waals surface area contributed by atoms with E-state index in [0.29, 0.717) is 12.4 Å². The first-order valence-electron chi connectivity index (χ1n) is 7.09. The summed E-state index contributed by atoms with van der Waals surface area (Å²) in [5, 5.41) is 10.4. The van der Waals surface area contributed by atoms with Gasteiger partial charge >= 0.3 is 5.97 Å². The Labute approximate surface area is 134 Å². The minimum Gasteiger partial charge on any atom is -0.497 e. The molecule has 0 fully saturated rings. The summed E-state index contributed by atoms with van der Waals surface area (Å²) < 4.78 is 10.1. The van der Waals surface area contributed by atoms with E-state index < -0.39 is 0 Å². The maximum Gasteiger partial charge on any atom is 0.315 e. The molecule has 1 aromatic rings. The third-order valence-corrected chi connectivity index (χ3v) is 4.19. The molecule has 0 N–H and O–H groups in total. The Balaban J connectivity index is 2.60. The first-order valence-corrected chi connectivity index (χ1v) is 8.14. The van der Waals surface area contributed by atoms with Gasteiger partial charge in [0, 0.05) is 4.92 Å². The zero-order chi connectivity index (χ0) is 16.4. The van der Waals surface area contributed by atoms with Crippen LogP contribution in [0.5, 0.6) is 5.75 Å². The molecule has 122 valence electrons. The molecule has 0 saturated carbocycles. The van der Waals surface area contributed by atoms with E-state index in [4.69, 9.17) is 9.47 Å². The first kappa shape index (κ1) is 18.3. The van der Waals surface area contributed by atoms with Crippen LogP contribution in [0.4, 0.5) is 0 Å². The van der Waals surface area contributed by atoms with Crippen molar-refractivity contribution in [1.29, 1.82) is 0 Å². The molecule has 0 bridgehead atoms. The van der Waals surface area contributed by atoms with E-state index in [2.05, 4.69) is 0 Å². The number of thioether (sulfide) groups is 1. The molecule has 0 aliphatic heterocycles. The zero-order valence-electron chi connectivity index (χ0n) is 12.8. The summed E-state index contributed by atoms with van der Waals surface area (Å²) in [5.74, 6) is 0.460. The van der Waals surface area contributed by atoms with Crippen LogP contribution in [0.2, 0.25) is 0 Å². The second-order valence-corrected chi connectivity index (χ2v) is 5.85. The van der Waals surface area contributed by atoms with E-state index in [-0.39, 0.29) is 28.4 Å². The SMILES string of the molecule is CCCCOC(=O)CSC(C[N+](=O)[O-])c1ccc(OC)cc1. The predicted molar refractivity (Wildman–Crippen MR) is 85.9 cm³/mol. The third-order valence-electron chi connectivity index (χ3n) is 2.97. The van der Waals surface area contributed by atoms with Gasteiger partial charge in [-0.25, -0.2) is 0 Å². The maximum atomic E-state index is 11.6. The van der Waals surface area contributed by atoms with E-state index in [1.807, 2.05) is 6.92 Å². The summed E-state index contributed by atoms with van der Waals surface area (Å²) in [4.78, 5) is 22.0. The molecule has 0 aliphatic rings. The van der Waals surface area contributed by atoms with Crippen molar-refractivity contribution in [2.24, 2.45) is 0 Å². The Kier molecular flexibility index (Phi) is 8.35. The normalized spacial score (nSPS) is 11.7. The average molecular weight is 327 g/mol. The number of rotatable bonds is 10. The van der Waals surface area contributed by atoms with Gasteiger partial charge in [-0.3, -0.25) is 14.9 Å². The van der Waals surface area contributed by atoms with Crippen molar-refractivity contribution >= 4 is 17.7 Å². The number of carbonyl (C=O) groups excluding carboxylic acids is 1. The van der Waals surface area contributed by atoms with E-state index in [1.165, 1.54) is 11.8 Å². The summed E-state index contributed by atoms with van der Waals surface area (Å²) in [6.45, 7) is 2.18. The van der Waals surface area contributed by atoms with Gasteiger partial charge in [0.1, 0.15) is 5.75 Å². The standard InChI is InChI=1S/C15H21NO5S/c1-3-4-9-21-15(17)11-22-14(10-16(18)19)12-5-7-13(20-2)8-6-12/h5-8,14H,3-4,9-11H2,1-2H3. The lowest BCUT2D eigenvalue weighted by Gasteiger charge is -2.13. The van der Waals surface area contributed by atoms with Gasteiger partial charge in [-0.15, -0.1) is 11.8 Å². The van der Waals surface area contributed by atoms with Crippen LogP contribution in [-0.4, -0.2) is 36.9 Å². The predicted octanol–water partition coefficient (Wildman–Crippen LogP) is 3.09. The largest absolute Gasteiger partial charge is 0.497 e. The van der Waals surface area contributed by atoms with Crippen molar-refractivity contribution in [2.75, 3.05) is 26.0 Å². The molecule has 0 aromatic heterocycles. The highest BCUT2D eigenvalue weighted by atomic mass is 32.2. The Hall–Kier alpha value is -1.76. The molecule has 0 radical (unpaired) electrons. The lowest BCUT2D eigenvalue weighted by Crippen LogP contribution is -2.14. The van der Waals surface area contributed by atoms with Gasteiger partial charge in [0.05, 0.1) is 24.7 Å². The summed E-state index contributed by atoms with van der Waals surface area (Å²) in [5.41, 5.74) is 0.795. The van der Waals surface area contributed by atoms with Crippen molar-refractivity contribution in [3.63, 3.8) is 0 Å². The van der Waals surface area contributed by atoms with Gasteiger partial charge in [0.15, 0.2) is 0 Å². The fraction of sp³-hybridized carbons (Fsp3) is 0.533. The summed E-state index contributed by atoms with van der Waals surface area (Å²) in [6, 6.07) is 7.07. The molecule has 0 heterocycles. The highest BCUT2D eigenvalue weighted by molar-refractivity contribution is 8.00. The topological polar surface area (TPSA) is 78.7 Å². The molecule has 7 heteroatoms. The second-order valence-electron chi connectivity index (χ2n) is 4.66. The summed E-state index contributed by atoms with van der Waals surface area (Å²) in [6.07, 6.45) is 1.78. The van der Waals surface area contributed by atoms with Crippen LogP contribution in [0.25, 0.3) is 0 Å². The van der Waals surface area contributed by atoms with Gasteiger partial charge in [-0.05, 0) is 24.1 Å². The number of esters is 1. The number of carbonyl (C=O) groups is 1. The molecule has 1 aromatic carbocycles. The molecule has 6 nitrogen and oxygen atoms in total. The van der Waals surface area contributed by atoms with E-state index in [1.54, 1.807) is 31.4 Å². The number of unbranched alkanes of at least 4 members (excludes halogenated alkanes) is 1. The molecule has 1 rings (SSSR count). The number of nitro groups is 1. The monoisotopic (exact) mass is 327 g/mol. The quantitative estimate of drug-likeness (QED) is 0.284. The van der Waals surface area contributed by atoms with Gasteiger partial charge in [0.25, 0.3) is 0 Å². The fourth-order valence-corrected chi connectivity index (χ4v) is 2.75. The maximum absolute atomic E-state index is 11.6. The molecule has 0 spiro atoms. The Morgan fingerprint density at radius 3 is 2.59 bits per heavy atom. The molecular weight excluding hydrogens is 306 g/mol. The lowest BCUT2D eigenvalue weighted by molar-refractivity contribution is -0.479. The van der Waals surface area contributed by atoms with Gasteiger partial charge in [-0.1, -0.05) is 25.5 Å². The van der Waals surface area contributed by atoms with E-state index >= 15 is 0 Å². The number of methoxy groups -OCH3 is 1.